The summed E-state index contributed by atoms with van der Waals surface area (Å²) >= 11 is 6.33. The predicted octanol–water partition coefficient (Wildman–Crippen LogP) is 3.30. The van der Waals surface area contributed by atoms with E-state index >= 15 is 0 Å². The van der Waals surface area contributed by atoms with Gasteiger partial charge in [-0.15, -0.1) is 11.6 Å². The highest BCUT2D eigenvalue weighted by Crippen LogP contribution is 2.28. The average Bonchev–Trinajstić information content (AvgIpc) is 2.32. The van der Waals surface area contributed by atoms with Crippen LogP contribution in [0.4, 0.5) is 5.82 Å². The summed E-state index contributed by atoms with van der Waals surface area (Å²) < 4.78 is 0. The van der Waals surface area contributed by atoms with Gasteiger partial charge < -0.3 is 5.32 Å². The maximum Gasteiger partial charge on any atom is 0.144 e. The van der Waals surface area contributed by atoms with Gasteiger partial charge in [0, 0.05) is 11.9 Å². The van der Waals surface area contributed by atoms with Gasteiger partial charge in [-0.1, -0.05) is 12.8 Å². The van der Waals surface area contributed by atoms with Gasteiger partial charge in [0.25, 0.3) is 0 Å². The van der Waals surface area contributed by atoms with Crippen molar-refractivity contribution >= 4 is 17.4 Å². The van der Waals surface area contributed by atoms with E-state index < -0.39 is 0 Å². The van der Waals surface area contributed by atoms with Gasteiger partial charge in [-0.3, -0.25) is 4.98 Å². The molecule has 0 amide bonds. The van der Waals surface area contributed by atoms with E-state index in [0.717, 1.165) is 30.2 Å². The van der Waals surface area contributed by atoms with Crippen LogP contribution >= 0.6 is 11.6 Å². The Labute approximate surface area is 108 Å². The monoisotopic (exact) mass is 253 g/mol. The Kier molecular flexibility index (Phi) is 4.21. The number of alkyl halides is 1. The molecule has 0 aromatic carbocycles. The first-order chi connectivity index (χ1) is 8.16. The molecule has 1 aliphatic carbocycles. The van der Waals surface area contributed by atoms with E-state index in [1.807, 2.05) is 13.8 Å². The molecule has 0 bridgehead atoms. The van der Waals surface area contributed by atoms with Gasteiger partial charge in [0.15, 0.2) is 0 Å². The molecule has 17 heavy (non-hydrogen) atoms. The maximum absolute atomic E-state index is 6.33. The minimum atomic E-state index is 0.316. The zero-order valence-corrected chi connectivity index (χ0v) is 11.3. The molecule has 4 heteroatoms. The normalized spacial score (nSPS) is 24.6. The maximum atomic E-state index is 6.33. The minimum Gasteiger partial charge on any atom is -0.368 e. The van der Waals surface area contributed by atoms with E-state index in [1.54, 1.807) is 6.20 Å². The van der Waals surface area contributed by atoms with Crippen molar-refractivity contribution in [3.8, 4) is 0 Å². The third-order valence-electron chi connectivity index (χ3n) is 3.55. The second-order valence-corrected chi connectivity index (χ2v) is 5.43. The SMILES string of the molecule is Cc1ncc(NCC2CCCCC2Cl)nc1C. The van der Waals surface area contributed by atoms with Gasteiger partial charge in [0.1, 0.15) is 5.82 Å². The van der Waals surface area contributed by atoms with E-state index in [4.69, 9.17) is 11.6 Å². The smallest absolute Gasteiger partial charge is 0.144 e. The molecule has 1 heterocycles. The van der Waals surface area contributed by atoms with E-state index in [1.165, 1.54) is 19.3 Å². The highest BCUT2D eigenvalue weighted by atomic mass is 35.5. The number of aromatic nitrogens is 2. The van der Waals surface area contributed by atoms with Gasteiger partial charge in [-0.2, -0.15) is 0 Å². The van der Waals surface area contributed by atoms with E-state index in [9.17, 15) is 0 Å². The zero-order valence-electron chi connectivity index (χ0n) is 10.5. The lowest BCUT2D eigenvalue weighted by Crippen LogP contribution is -2.27. The third kappa shape index (κ3) is 3.32. The summed E-state index contributed by atoms with van der Waals surface area (Å²) in [4.78, 5) is 8.77. The van der Waals surface area contributed by atoms with Crippen molar-refractivity contribution in [2.24, 2.45) is 5.92 Å². The number of aryl methyl sites for hydroxylation is 2. The summed E-state index contributed by atoms with van der Waals surface area (Å²) in [5, 5.41) is 3.67. The molecule has 94 valence electrons. The average molecular weight is 254 g/mol. The Balaban J connectivity index is 1.90. The van der Waals surface area contributed by atoms with Crippen molar-refractivity contribution in [3.05, 3.63) is 17.6 Å². The Morgan fingerprint density at radius 2 is 2.06 bits per heavy atom. The summed E-state index contributed by atoms with van der Waals surface area (Å²) in [5.41, 5.74) is 1.98. The number of anilines is 1. The minimum absolute atomic E-state index is 0.316. The Bertz CT molecular complexity index is 381. The first-order valence-electron chi connectivity index (χ1n) is 6.35. The topological polar surface area (TPSA) is 37.8 Å². The van der Waals surface area contributed by atoms with Crippen molar-refractivity contribution in [1.29, 1.82) is 0 Å². The molecule has 1 aliphatic rings. The zero-order chi connectivity index (χ0) is 12.3. The Morgan fingerprint density at radius 1 is 1.29 bits per heavy atom. The van der Waals surface area contributed by atoms with Crippen LogP contribution in [0.3, 0.4) is 0 Å². The van der Waals surface area contributed by atoms with Crippen LogP contribution < -0.4 is 5.32 Å². The van der Waals surface area contributed by atoms with Gasteiger partial charge in [-0.25, -0.2) is 4.98 Å². The van der Waals surface area contributed by atoms with Gasteiger partial charge >= 0.3 is 0 Å². The molecular weight excluding hydrogens is 234 g/mol. The number of rotatable bonds is 3. The summed E-state index contributed by atoms with van der Waals surface area (Å²) in [6, 6.07) is 0. The molecule has 1 fully saturated rings. The highest BCUT2D eigenvalue weighted by Gasteiger charge is 2.22. The summed E-state index contributed by atoms with van der Waals surface area (Å²) in [7, 11) is 0. The van der Waals surface area contributed by atoms with E-state index in [-0.39, 0.29) is 0 Å². The fraction of sp³-hybridized carbons (Fsp3) is 0.692. The van der Waals surface area contributed by atoms with Crippen molar-refractivity contribution in [3.63, 3.8) is 0 Å². The number of hydrogen-bond acceptors (Lipinski definition) is 3. The van der Waals surface area contributed by atoms with Crippen LogP contribution in [-0.4, -0.2) is 21.9 Å². The molecular formula is C13H20ClN3. The summed E-state index contributed by atoms with van der Waals surface area (Å²) in [5.74, 6) is 1.43. The summed E-state index contributed by atoms with van der Waals surface area (Å²) in [6.07, 6.45) is 6.74. The van der Waals surface area contributed by atoms with Gasteiger partial charge in [0.2, 0.25) is 0 Å². The number of nitrogens with zero attached hydrogens (tertiary/aromatic N) is 2. The van der Waals surface area contributed by atoms with Crippen LogP contribution in [0.15, 0.2) is 6.20 Å². The van der Waals surface area contributed by atoms with Crippen LogP contribution in [0.5, 0.6) is 0 Å². The van der Waals surface area contributed by atoms with E-state index in [0.29, 0.717) is 11.3 Å². The quantitative estimate of drug-likeness (QED) is 0.840. The number of halogens is 1. The number of nitrogens with one attached hydrogen (secondary N) is 1. The molecule has 0 aliphatic heterocycles. The van der Waals surface area contributed by atoms with Crippen molar-refractivity contribution < 1.29 is 0 Å². The standard InChI is InChI=1S/C13H20ClN3/c1-9-10(2)17-13(8-15-9)16-7-11-5-3-4-6-12(11)14/h8,11-12H,3-7H2,1-2H3,(H,16,17). The molecule has 2 unspecified atom stereocenters. The third-order valence-corrected chi connectivity index (χ3v) is 4.13. The molecule has 0 radical (unpaired) electrons. The molecule has 1 aromatic rings. The first-order valence-corrected chi connectivity index (χ1v) is 6.78. The summed E-state index contributed by atoms with van der Waals surface area (Å²) in [6.45, 7) is 4.87. The predicted molar refractivity (Wildman–Crippen MR) is 71.6 cm³/mol. The molecule has 0 spiro atoms. The largest absolute Gasteiger partial charge is 0.368 e. The second-order valence-electron chi connectivity index (χ2n) is 4.87. The molecule has 1 saturated carbocycles. The molecule has 2 rings (SSSR count). The number of hydrogen-bond donors (Lipinski definition) is 1. The highest BCUT2D eigenvalue weighted by molar-refractivity contribution is 6.20. The van der Waals surface area contributed by atoms with Gasteiger partial charge in [-0.05, 0) is 32.6 Å². The lowest BCUT2D eigenvalue weighted by molar-refractivity contribution is 0.380. The molecule has 2 atom stereocenters. The second kappa shape index (κ2) is 5.67. The van der Waals surface area contributed by atoms with Crippen LogP contribution in [0.2, 0.25) is 0 Å². The van der Waals surface area contributed by atoms with Crippen LogP contribution in [0.1, 0.15) is 37.1 Å². The molecule has 1 N–H and O–H groups in total. The van der Waals surface area contributed by atoms with Crippen molar-refractivity contribution in [2.75, 3.05) is 11.9 Å². The molecule has 0 saturated heterocycles. The fourth-order valence-electron chi connectivity index (χ4n) is 2.26. The Morgan fingerprint density at radius 3 is 2.76 bits per heavy atom. The van der Waals surface area contributed by atoms with Crippen LogP contribution in [0, 0.1) is 19.8 Å². The van der Waals surface area contributed by atoms with E-state index in [2.05, 4.69) is 15.3 Å². The van der Waals surface area contributed by atoms with Crippen LogP contribution in [0.25, 0.3) is 0 Å². The Hall–Kier alpha value is -0.830. The molecule has 3 nitrogen and oxygen atoms in total. The lowest BCUT2D eigenvalue weighted by Gasteiger charge is -2.27. The molecule has 1 aromatic heterocycles. The van der Waals surface area contributed by atoms with Crippen molar-refractivity contribution in [2.45, 2.75) is 44.9 Å². The van der Waals surface area contributed by atoms with Gasteiger partial charge in [0.05, 0.1) is 17.6 Å². The fourth-order valence-corrected chi connectivity index (χ4v) is 2.62. The van der Waals surface area contributed by atoms with Crippen molar-refractivity contribution in [1.82, 2.24) is 9.97 Å². The lowest BCUT2D eigenvalue weighted by atomic mass is 9.89. The first kappa shape index (κ1) is 12.6. The van der Waals surface area contributed by atoms with Crippen LogP contribution in [-0.2, 0) is 0 Å².